The lowest BCUT2D eigenvalue weighted by molar-refractivity contribution is 0.123. The van der Waals surface area contributed by atoms with Crippen LogP contribution in [0.2, 0.25) is 0 Å². The molecule has 0 aliphatic carbocycles. The smallest absolute Gasteiger partial charge is 0.142 e. The first kappa shape index (κ1) is 10.9. The summed E-state index contributed by atoms with van der Waals surface area (Å²) in [5, 5.41) is 9.04. The van der Waals surface area contributed by atoms with E-state index in [2.05, 4.69) is 6.92 Å². The summed E-state index contributed by atoms with van der Waals surface area (Å²) in [6.07, 6.45) is 0.487. The van der Waals surface area contributed by atoms with Gasteiger partial charge in [-0.05, 0) is 31.0 Å². The first-order valence-electron chi connectivity index (χ1n) is 4.82. The molecule has 0 bridgehead atoms. The quantitative estimate of drug-likeness (QED) is 0.717. The van der Waals surface area contributed by atoms with Crippen molar-refractivity contribution in [3.05, 3.63) is 23.8 Å². The number of hydrogen-bond acceptors (Lipinski definition) is 3. The molecule has 0 amide bonds. The summed E-state index contributed by atoms with van der Waals surface area (Å²) in [7, 11) is 0. The minimum atomic E-state index is -0.472. The third-order valence-corrected chi connectivity index (χ3v) is 1.96. The van der Waals surface area contributed by atoms with E-state index in [1.807, 2.05) is 18.2 Å². The van der Waals surface area contributed by atoms with Gasteiger partial charge in [0.1, 0.15) is 12.4 Å². The van der Waals surface area contributed by atoms with Crippen molar-refractivity contribution in [2.24, 2.45) is 0 Å². The third-order valence-electron chi connectivity index (χ3n) is 1.96. The van der Waals surface area contributed by atoms with E-state index in [0.29, 0.717) is 11.4 Å². The molecule has 14 heavy (non-hydrogen) atoms. The lowest BCUT2D eigenvalue weighted by Gasteiger charge is -2.11. The summed E-state index contributed by atoms with van der Waals surface area (Å²) in [5.41, 5.74) is 7.59. The van der Waals surface area contributed by atoms with Crippen LogP contribution in [-0.2, 0) is 6.42 Å². The molecule has 0 aromatic heterocycles. The van der Waals surface area contributed by atoms with E-state index >= 15 is 0 Å². The Labute approximate surface area is 84.5 Å². The highest BCUT2D eigenvalue weighted by Crippen LogP contribution is 2.22. The Morgan fingerprint density at radius 1 is 1.50 bits per heavy atom. The molecular weight excluding hydrogens is 178 g/mol. The fourth-order valence-electron chi connectivity index (χ4n) is 1.16. The molecule has 1 aromatic carbocycles. The predicted molar refractivity (Wildman–Crippen MR) is 57.4 cm³/mol. The third kappa shape index (κ3) is 2.92. The van der Waals surface area contributed by atoms with E-state index in [0.717, 1.165) is 6.42 Å². The van der Waals surface area contributed by atoms with Crippen LogP contribution < -0.4 is 10.5 Å². The highest BCUT2D eigenvalue weighted by atomic mass is 16.5. The first-order chi connectivity index (χ1) is 6.63. The van der Waals surface area contributed by atoms with Crippen LogP contribution in [0.1, 0.15) is 19.4 Å². The van der Waals surface area contributed by atoms with Gasteiger partial charge in [-0.25, -0.2) is 0 Å². The van der Waals surface area contributed by atoms with Crippen molar-refractivity contribution in [2.45, 2.75) is 26.4 Å². The van der Waals surface area contributed by atoms with Crippen LogP contribution in [0.3, 0.4) is 0 Å². The summed E-state index contributed by atoms with van der Waals surface area (Å²) in [5.74, 6) is 0.642. The van der Waals surface area contributed by atoms with Crippen LogP contribution in [0.5, 0.6) is 5.75 Å². The number of nitrogens with two attached hydrogens (primary N) is 1. The summed E-state index contributed by atoms with van der Waals surface area (Å²) in [4.78, 5) is 0. The Morgan fingerprint density at radius 2 is 2.21 bits per heavy atom. The number of rotatable bonds is 4. The lowest BCUT2D eigenvalue weighted by atomic mass is 10.1. The summed E-state index contributed by atoms with van der Waals surface area (Å²) < 4.78 is 5.32. The minimum absolute atomic E-state index is 0.273. The molecule has 0 aliphatic heterocycles. The largest absolute Gasteiger partial charge is 0.489 e. The molecule has 0 saturated heterocycles. The SMILES string of the molecule is CCc1ccc(OCC(C)O)c(N)c1. The standard InChI is InChI=1S/C11H17NO2/c1-3-9-4-5-11(10(12)6-9)14-7-8(2)13/h4-6,8,13H,3,7,12H2,1-2H3. The first-order valence-corrected chi connectivity index (χ1v) is 4.82. The van der Waals surface area contributed by atoms with Crippen molar-refractivity contribution in [3.63, 3.8) is 0 Å². The Kier molecular flexibility index (Phi) is 3.77. The topological polar surface area (TPSA) is 55.5 Å². The molecule has 1 aromatic rings. The van der Waals surface area contributed by atoms with Gasteiger partial charge in [0.25, 0.3) is 0 Å². The number of ether oxygens (including phenoxy) is 1. The van der Waals surface area contributed by atoms with E-state index in [1.165, 1.54) is 5.56 Å². The zero-order valence-corrected chi connectivity index (χ0v) is 8.66. The van der Waals surface area contributed by atoms with Crippen molar-refractivity contribution >= 4 is 5.69 Å². The van der Waals surface area contributed by atoms with E-state index in [1.54, 1.807) is 6.92 Å². The number of aliphatic hydroxyl groups excluding tert-OH is 1. The van der Waals surface area contributed by atoms with Gasteiger partial charge < -0.3 is 15.6 Å². The normalized spacial score (nSPS) is 12.5. The van der Waals surface area contributed by atoms with Crippen molar-refractivity contribution < 1.29 is 9.84 Å². The fraction of sp³-hybridized carbons (Fsp3) is 0.455. The second kappa shape index (κ2) is 4.86. The summed E-state index contributed by atoms with van der Waals surface area (Å²) in [6, 6.07) is 5.72. The molecule has 1 atom stereocenters. The van der Waals surface area contributed by atoms with Crippen molar-refractivity contribution in [3.8, 4) is 5.75 Å². The van der Waals surface area contributed by atoms with Gasteiger partial charge in [0.05, 0.1) is 11.8 Å². The molecule has 78 valence electrons. The molecule has 0 saturated carbocycles. The van der Waals surface area contributed by atoms with Gasteiger partial charge in [0, 0.05) is 0 Å². The number of hydrogen-bond donors (Lipinski definition) is 2. The van der Waals surface area contributed by atoms with E-state index in [-0.39, 0.29) is 6.61 Å². The number of anilines is 1. The van der Waals surface area contributed by atoms with Crippen molar-refractivity contribution in [2.75, 3.05) is 12.3 Å². The van der Waals surface area contributed by atoms with Crippen LogP contribution in [0.4, 0.5) is 5.69 Å². The summed E-state index contributed by atoms with van der Waals surface area (Å²) >= 11 is 0. The molecule has 1 unspecified atom stereocenters. The van der Waals surface area contributed by atoms with Crippen molar-refractivity contribution in [1.82, 2.24) is 0 Å². The fourth-order valence-corrected chi connectivity index (χ4v) is 1.16. The van der Waals surface area contributed by atoms with Gasteiger partial charge in [-0.15, -0.1) is 0 Å². The Morgan fingerprint density at radius 3 is 2.71 bits per heavy atom. The molecule has 0 radical (unpaired) electrons. The molecule has 0 fully saturated rings. The molecule has 3 N–H and O–H groups in total. The Bertz CT molecular complexity index is 297. The van der Waals surface area contributed by atoms with Crippen LogP contribution in [0, 0.1) is 0 Å². The number of benzene rings is 1. The maximum atomic E-state index is 9.04. The van der Waals surface area contributed by atoms with Gasteiger partial charge in [-0.1, -0.05) is 13.0 Å². The molecule has 3 nitrogen and oxygen atoms in total. The molecule has 0 spiro atoms. The summed E-state index contributed by atoms with van der Waals surface area (Å²) in [6.45, 7) is 4.03. The lowest BCUT2D eigenvalue weighted by Crippen LogP contribution is -2.13. The average molecular weight is 195 g/mol. The second-order valence-electron chi connectivity index (χ2n) is 3.39. The van der Waals surface area contributed by atoms with Gasteiger partial charge in [-0.2, -0.15) is 0 Å². The van der Waals surface area contributed by atoms with Crippen LogP contribution in [-0.4, -0.2) is 17.8 Å². The van der Waals surface area contributed by atoms with Gasteiger partial charge in [-0.3, -0.25) is 0 Å². The molecule has 1 rings (SSSR count). The maximum absolute atomic E-state index is 9.04. The van der Waals surface area contributed by atoms with E-state index in [9.17, 15) is 0 Å². The monoisotopic (exact) mass is 195 g/mol. The molecule has 0 heterocycles. The minimum Gasteiger partial charge on any atom is -0.489 e. The molecule has 3 heteroatoms. The number of nitrogen functional groups attached to an aromatic ring is 1. The van der Waals surface area contributed by atoms with Crippen molar-refractivity contribution in [1.29, 1.82) is 0 Å². The zero-order valence-electron chi connectivity index (χ0n) is 8.66. The predicted octanol–water partition coefficient (Wildman–Crippen LogP) is 1.59. The van der Waals surface area contributed by atoms with E-state index < -0.39 is 6.10 Å². The van der Waals surface area contributed by atoms with Gasteiger partial charge in [0.2, 0.25) is 0 Å². The highest BCUT2D eigenvalue weighted by molar-refractivity contribution is 5.54. The zero-order chi connectivity index (χ0) is 10.6. The molecular formula is C11H17NO2. The van der Waals surface area contributed by atoms with E-state index in [4.69, 9.17) is 15.6 Å². The average Bonchev–Trinajstić information content (AvgIpc) is 2.15. The second-order valence-corrected chi connectivity index (χ2v) is 3.39. The molecule has 0 aliphatic rings. The van der Waals surface area contributed by atoms with Crippen LogP contribution >= 0.6 is 0 Å². The number of aliphatic hydroxyl groups is 1. The van der Waals surface area contributed by atoms with Crippen LogP contribution in [0.15, 0.2) is 18.2 Å². The Hall–Kier alpha value is -1.22. The van der Waals surface area contributed by atoms with Gasteiger partial charge >= 0.3 is 0 Å². The maximum Gasteiger partial charge on any atom is 0.142 e. The Balaban J connectivity index is 2.69. The highest BCUT2D eigenvalue weighted by Gasteiger charge is 2.02. The number of aryl methyl sites for hydroxylation is 1. The van der Waals surface area contributed by atoms with Crippen LogP contribution in [0.25, 0.3) is 0 Å². The van der Waals surface area contributed by atoms with Gasteiger partial charge in [0.15, 0.2) is 0 Å².